The predicted octanol–water partition coefficient (Wildman–Crippen LogP) is 4.61. The van der Waals surface area contributed by atoms with Gasteiger partial charge in [0, 0.05) is 6.54 Å². The number of para-hydroxylation sites is 1. The first-order chi connectivity index (χ1) is 16.5. The number of benzene rings is 3. The summed E-state index contributed by atoms with van der Waals surface area (Å²) < 4.78 is 6.91. The molecule has 0 bridgehead atoms. The molecule has 1 aromatic heterocycles. The van der Waals surface area contributed by atoms with E-state index < -0.39 is 0 Å². The molecule has 0 radical (unpaired) electrons. The molecule has 0 aliphatic heterocycles. The molecule has 4 aromatic rings. The van der Waals surface area contributed by atoms with Gasteiger partial charge in [-0.25, -0.2) is 4.98 Å². The van der Waals surface area contributed by atoms with Crippen molar-refractivity contribution in [1.82, 2.24) is 14.5 Å². The molecule has 6 heteroatoms. The SMILES string of the molecule is CCN(C(=O)Cc1ccc(OC)cc1)C(C)c1nc2ccccc2c(=O)n1Cc1ccccc1. The number of carbonyl (C=O) groups is 1. The Bertz CT molecular complexity index is 1330. The molecule has 1 atom stereocenters. The second kappa shape index (κ2) is 10.3. The molecule has 34 heavy (non-hydrogen) atoms. The van der Waals surface area contributed by atoms with E-state index in [9.17, 15) is 9.59 Å². The van der Waals surface area contributed by atoms with Crippen LogP contribution < -0.4 is 10.3 Å². The van der Waals surface area contributed by atoms with Crippen LogP contribution in [0.5, 0.6) is 5.75 Å². The minimum atomic E-state index is -0.378. The van der Waals surface area contributed by atoms with Gasteiger partial charge in [-0.3, -0.25) is 14.2 Å². The number of nitrogens with zero attached hydrogens (tertiary/aromatic N) is 3. The van der Waals surface area contributed by atoms with Crippen LogP contribution in [0.3, 0.4) is 0 Å². The van der Waals surface area contributed by atoms with E-state index >= 15 is 0 Å². The highest BCUT2D eigenvalue weighted by Crippen LogP contribution is 2.22. The minimum absolute atomic E-state index is 0.0196. The Labute approximate surface area is 199 Å². The van der Waals surface area contributed by atoms with E-state index in [1.165, 1.54) is 0 Å². The summed E-state index contributed by atoms with van der Waals surface area (Å²) in [5.74, 6) is 1.31. The number of fused-ring (bicyclic) bond motifs is 1. The lowest BCUT2D eigenvalue weighted by Gasteiger charge is -2.29. The van der Waals surface area contributed by atoms with Crippen LogP contribution in [0.1, 0.15) is 36.8 Å². The van der Waals surface area contributed by atoms with Gasteiger partial charge in [-0.05, 0) is 49.2 Å². The first kappa shape index (κ1) is 23.2. The van der Waals surface area contributed by atoms with Crippen molar-refractivity contribution >= 4 is 16.8 Å². The van der Waals surface area contributed by atoms with E-state index in [0.717, 1.165) is 16.9 Å². The van der Waals surface area contributed by atoms with Gasteiger partial charge in [0.2, 0.25) is 5.91 Å². The van der Waals surface area contributed by atoms with Gasteiger partial charge in [0.1, 0.15) is 11.6 Å². The number of methoxy groups -OCH3 is 1. The first-order valence-corrected chi connectivity index (χ1v) is 11.5. The van der Waals surface area contributed by atoms with Crippen LogP contribution in [0.25, 0.3) is 10.9 Å². The van der Waals surface area contributed by atoms with E-state index in [-0.39, 0.29) is 23.9 Å². The van der Waals surface area contributed by atoms with Crippen LogP contribution in [-0.4, -0.2) is 34.0 Å². The fourth-order valence-electron chi connectivity index (χ4n) is 4.25. The van der Waals surface area contributed by atoms with Crippen molar-refractivity contribution in [3.8, 4) is 5.75 Å². The lowest BCUT2D eigenvalue weighted by molar-refractivity contribution is -0.132. The van der Waals surface area contributed by atoms with E-state index in [1.807, 2.05) is 86.6 Å². The lowest BCUT2D eigenvalue weighted by Crippen LogP contribution is -2.38. The molecule has 174 valence electrons. The summed E-state index contributed by atoms with van der Waals surface area (Å²) >= 11 is 0. The van der Waals surface area contributed by atoms with Crippen molar-refractivity contribution in [2.24, 2.45) is 0 Å². The Hall–Kier alpha value is -3.93. The Balaban J connectivity index is 1.71. The van der Waals surface area contributed by atoms with Crippen molar-refractivity contribution in [3.05, 3.63) is 106 Å². The highest BCUT2D eigenvalue weighted by Gasteiger charge is 2.25. The summed E-state index contributed by atoms with van der Waals surface area (Å²) in [6, 6.07) is 24.3. The Morgan fingerprint density at radius 1 is 0.971 bits per heavy atom. The summed E-state index contributed by atoms with van der Waals surface area (Å²) in [4.78, 5) is 33.5. The van der Waals surface area contributed by atoms with Gasteiger partial charge < -0.3 is 9.64 Å². The molecule has 6 nitrogen and oxygen atoms in total. The fraction of sp³-hybridized carbons (Fsp3) is 0.250. The molecule has 0 N–H and O–H groups in total. The van der Waals surface area contributed by atoms with Crippen molar-refractivity contribution in [2.45, 2.75) is 32.9 Å². The zero-order valence-corrected chi connectivity index (χ0v) is 19.8. The quantitative estimate of drug-likeness (QED) is 0.389. The minimum Gasteiger partial charge on any atom is -0.497 e. The normalized spacial score (nSPS) is 11.9. The number of rotatable bonds is 8. The van der Waals surface area contributed by atoms with Crippen LogP contribution in [0.2, 0.25) is 0 Å². The average molecular weight is 456 g/mol. The van der Waals surface area contributed by atoms with Crippen LogP contribution >= 0.6 is 0 Å². The van der Waals surface area contributed by atoms with Crippen molar-refractivity contribution in [1.29, 1.82) is 0 Å². The molecule has 0 saturated carbocycles. The van der Waals surface area contributed by atoms with Gasteiger partial charge in [-0.2, -0.15) is 0 Å². The van der Waals surface area contributed by atoms with Crippen LogP contribution in [0, 0.1) is 0 Å². The van der Waals surface area contributed by atoms with Crippen LogP contribution in [0.4, 0.5) is 0 Å². The maximum absolute atomic E-state index is 13.5. The summed E-state index contributed by atoms with van der Waals surface area (Å²) in [6.07, 6.45) is 0.263. The van der Waals surface area contributed by atoms with Gasteiger partial charge in [-0.1, -0.05) is 54.6 Å². The number of likely N-dealkylation sites (N-methyl/N-ethyl adjacent to an activating group) is 1. The molecule has 0 aliphatic carbocycles. The topological polar surface area (TPSA) is 64.4 Å². The molecular weight excluding hydrogens is 426 g/mol. The lowest BCUT2D eigenvalue weighted by atomic mass is 10.1. The number of carbonyl (C=O) groups excluding carboxylic acids is 1. The number of aromatic nitrogens is 2. The summed E-state index contributed by atoms with van der Waals surface area (Å²) in [7, 11) is 1.62. The molecule has 1 heterocycles. The second-order valence-electron chi connectivity index (χ2n) is 8.24. The Morgan fingerprint density at radius 3 is 2.32 bits per heavy atom. The Kier molecular flexibility index (Phi) is 7.07. The third kappa shape index (κ3) is 4.86. The molecule has 1 unspecified atom stereocenters. The van der Waals surface area contributed by atoms with Gasteiger partial charge >= 0.3 is 0 Å². The number of hydrogen-bond acceptors (Lipinski definition) is 4. The summed E-state index contributed by atoms with van der Waals surface area (Å²) in [5.41, 5.74) is 2.44. The summed E-state index contributed by atoms with van der Waals surface area (Å²) in [5, 5.41) is 0.571. The third-order valence-corrected chi connectivity index (χ3v) is 6.09. The third-order valence-electron chi connectivity index (χ3n) is 6.09. The van der Waals surface area contributed by atoms with Crippen molar-refractivity contribution < 1.29 is 9.53 Å². The zero-order chi connectivity index (χ0) is 24.1. The van der Waals surface area contributed by atoms with E-state index in [4.69, 9.17) is 9.72 Å². The average Bonchev–Trinajstić information content (AvgIpc) is 2.87. The maximum Gasteiger partial charge on any atom is 0.261 e. The molecule has 4 rings (SSSR count). The molecule has 0 spiro atoms. The van der Waals surface area contributed by atoms with Crippen molar-refractivity contribution in [2.75, 3.05) is 13.7 Å². The monoisotopic (exact) mass is 455 g/mol. The standard InChI is InChI=1S/C28H29N3O3/c1-4-30(26(32)18-21-14-16-23(34-3)17-15-21)20(2)27-29-25-13-9-8-12-24(25)28(33)31(27)19-22-10-6-5-7-11-22/h5-17,20H,4,18-19H2,1-3H3. The zero-order valence-electron chi connectivity index (χ0n) is 19.8. The smallest absolute Gasteiger partial charge is 0.261 e. The molecule has 3 aromatic carbocycles. The first-order valence-electron chi connectivity index (χ1n) is 11.5. The molecule has 1 amide bonds. The molecule has 0 fully saturated rings. The predicted molar refractivity (Wildman–Crippen MR) is 134 cm³/mol. The van der Waals surface area contributed by atoms with Crippen molar-refractivity contribution in [3.63, 3.8) is 0 Å². The Morgan fingerprint density at radius 2 is 1.65 bits per heavy atom. The second-order valence-corrected chi connectivity index (χ2v) is 8.24. The highest BCUT2D eigenvalue weighted by molar-refractivity contribution is 5.80. The van der Waals surface area contributed by atoms with Crippen LogP contribution in [0.15, 0.2) is 83.7 Å². The number of ether oxygens (including phenoxy) is 1. The van der Waals surface area contributed by atoms with E-state index in [2.05, 4.69) is 0 Å². The number of hydrogen-bond donors (Lipinski definition) is 0. The largest absolute Gasteiger partial charge is 0.497 e. The van der Waals surface area contributed by atoms with Gasteiger partial charge in [0.25, 0.3) is 5.56 Å². The summed E-state index contributed by atoms with van der Waals surface area (Å²) in [6.45, 7) is 4.78. The highest BCUT2D eigenvalue weighted by atomic mass is 16.5. The van der Waals surface area contributed by atoms with Gasteiger partial charge in [-0.15, -0.1) is 0 Å². The van der Waals surface area contributed by atoms with Crippen LogP contribution in [-0.2, 0) is 17.8 Å². The molecule has 0 saturated heterocycles. The maximum atomic E-state index is 13.5. The van der Waals surface area contributed by atoms with Gasteiger partial charge in [0.05, 0.1) is 37.0 Å². The number of amides is 1. The fourth-order valence-corrected chi connectivity index (χ4v) is 4.25. The molecular formula is C28H29N3O3. The van der Waals surface area contributed by atoms with E-state index in [1.54, 1.807) is 22.6 Å². The van der Waals surface area contributed by atoms with Gasteiger partial charge in [0.15, 0.2) is 0 Å². The molecule has 0 aliphatic rings. The van der Waals surface area contributed by atoms with E-state index in [0.29, 0.717) is 29.8 Å².